The second kappa shape index (κ2) is 11.4. The van der Waals surface area contributed by atoms with Crippen LogP contribution in [0.1, 0.15) is 18.5 Å². The molecule has 6 nitrogen and oxygen atoms in total. The van der Waals surface area contributed by atoms with Gasteiger partial charge in [0.05, 0.1) is 17.2 Å². The Morgan fingerprint density at radius 3 is 2.85 bits per heavy atom. The lowest BCUT2D eigenvalue weighted by atomic mass is 9.92. The number of nitrogens with one attached hydrogen (secondary N) is 1. The molecule has 3 rings (SSSR count). The van der Waals surface area contributed by atoms with Gasteiger partial charge in [-0.25, -0.2) is 4.98 Å². The Labute approximate surface area is 169 Å². The number of benzene rings is 1. The van der Waals surface area contributed by atoms with Crippen molar-refractivity contribution in [2.75, 3.05) is 18.5 Å². The third-order valence-corrected chi connectivity index (χ3v) is 4.68. The van der Waals surface area contributed by atoms with Gasteiger partial charge in [-0.15, -0.1) is 36.2 Å². The van der Waals surface area contributed by atoms with Crippen LogP contribution in [0, 0.1) is 5.92 Å². The van der Waals surface area contributed by atoms with E-state index >= 15 is 0 Å². The van der Waals surface area contributed by atoms with E-state index in [2.05, 4.69) is 10.3 Å². The lowest BCUT2D eigenvalue weighted by Gasteiger charge is -2.26. The Morgan fingerprint density at radius 2 is 2.15 bits per heavy atom. The molecule has 1 amide bonds. The van der Waals surface area contributed by atoms with Crippen LogP contribution in [0.15, 0.2) is 35.2 Å². The van der Waals surface area contributed by atoms with Crippen LogP contribution in [0.4, 0.5) is 5.69 Å². The molecule has 9 heteroatoms. The van der Waals surface area contributed by atoms with E-state index in [1.807, 2.05) is 23.6 Å². The molecule has 0 spiro atoms. The molecule has 0 radical (unpaired) electrons. The molecule has 1 saturated heterocycles. The van der Waals surface area contributed by atoms with E-state index < -0.39 is 6.04 Å². The highest BCUT2D eigenvalue weighted by Crippen LogP contribution is 2.21. The van der Waals surface area contributed by atoms with Crippen LogP contribution in [0.25, 0.3) is 0 Å². The second-order valence-electron chi connectivity index (χ2n) is 5.76. The molecule has 1 aromatic heterocycles. The van der Waals surface area contributed by atoms with Crippen molar-refractivity contribution in [2.24, 2.45) is 11.7 Å². The van der Waals surface area contributed by atoms with Crippen molar-refractivity contribution in [3.8, 4) is 5.75 Å². The molecule has 26 heavy (non-hydrogen) atoms. The van der Waals surface area contributed by atoms with Gasteiger partial charge in [0.15, 0.2) is 0 Å². The number of halogens is 2. The summed E-state index contributed by atoms with van der Waals surface area (Å²) in [6.45, 7) is 1.75. The van der Waals surface area contributed by atoms with E-state index in [0.717, 1.165) is 18.5 Å². The Kier molecular flexibility index (Phi) is 9.90. The van der Waals surface area contributed by atoms with Crippen molar-refractivity contribution in [1.29, 1.82) is 0 Å². The van der Waals surface area contributed by atoms with Crippen LogP contribution in [0.2, 0.25) is 0 Å². The maximum absolute atomic E-state index is 12.3. The van der Waals surface area contributed by atoms with Crippen LogP contribution in [-0.4, -0.2) is 30.1 Å². The van der Waals surface area contributed by atoms with E-state index in [9.17, 15) is 4.79 Å². The number of nitrogens with zero attached hydrogens (tertiary/aromatic N) is 1. The molecule has 1 unspecified atom stereocenters. The number of hydrogen-bond donors (Lipinski definition) is 2. The first-order valence-corrected chi connectivity index (χ1v) is 8.91. The normalized spacial score (nSPS) is 15.3. The van der Waals surface area contributed by atoms with Gasteiger partial charge in [0, 0.05) is 30.3 Å². The summed E-state index contributed by atoms with van der Waals surface area (Å²) in [6.07, 6.45) is 1.65. The summed E-state index contributed by atoms with van der Waals surface area (Å²) in [7, 11) is 0. The lowest BCUT2D eigenvalue weighted by molar-refractivity contribution is -0.119. The molecule has 1 aromatic carbocycles. The molecule has 0 bridgehead atoms. The largest absolute Gasteiger partial charge is 0.487 e. The van der Waals surface area contributed by atoms with Gasteiger partial charge in [0.25, 0.3) is 0 Å². The number of thiazole rings is 1. The zero-order valence-corrected chi connectivity index (χ0v) is 16.6. The fraction of sp³-hybridized carbons (Fsp3) is 0.412. The summed E-state index contributed by atoms with van der Waals surface area (Å²) in [5.41, 5.74) is 9.43. The van der Waals surface area contributed by atoms with Crippen LogP contribution >= 0.6 is 36.2 Å². The topological polar surface area (TPSA) is 86.5 Å². The molecule has 0 saturated carbocycles. The Morgan fingerprint density at radius 1 is 1.38 bits per heavy atom. The van der Waals surface area contributed by atoms with Crippen molar-refractivity contribution in [3.05, 3.63) is 40.8 Å². The summed E-state index contributed by atoms with van der Waals surface area (Å²) in [5, 5.41) is 4.82. The van der Waals surface area contributed by atoms with E-state index in [1.165, 1.54) is 11.3 Å². The van der Waals surface area contributed by atoms with Crippen molar-refractivity contribution >= 4 is 47.7 Å². The van der Waals surface area contributed by atoms with Gasteiger partial charge in [-0.05, 0) is 30.9 Å². The van der Waals surface area contributed by atoms with Gasteiger partial charge in [-0.1, -0.05) is 6.07 Å². The van der Waals surface area contributed by atoms with Gasteiger partial charge in [0.2, 0.25) is 5.91 Å². The van der Waals surface area contributed by atoms with Crippen LogP contribution in [0.5, 0.6) is 5.75 Å². The predicted molar refractivity (Wildman–Crippen MR) is 108 cm³/mol. The van der Waals surface area contributed by atoms with Gasteiger partial charge < -0.3 is 20.5 Å². The van der Waals surface area contributed by atoms with Gasteiger partial charge in [-0.3, -0.25) is 4.79 Å². The number of ether oxygens (including phenoxy) is 2. The first-order chi connectivity index (χ1) is 11.7. The Balaban J connectivity index is 0.00000169. The predicted octanol–water partition coefficient (Wildman–Crippen LogP) is 3.26. The molecule has 2 heterocycles. The summed E-state index contributed by atoms with van der Waals surface area (Å²) in [4.78, 5) is 16.5. The van der Waals surface area contributed by atoms with E-state index in [4.69, 9.17) is 15.2 Å². The number of hydrogen-bond acceptors (Lipinski definition) is 6. The zero-order chi connectivity index (χ0) is 16.8. The zero-order valence-electron chi connectivity index (χ0n) is 14.1. The molecular weight excluding hydrogens is 397 g/mol. The maximum atomic E-state index is 12.3. The molecule has 2 aromatic rings. The Bertz CT molecular complexity index is 667. The maximum Gasteiger partial charge on any atom is 0.241 e. The van der Waals surface area contributed by atoms with Crippen molar-refractivity contribution in [2.45, 2.75) is 25.5 Å². The third kappa shape index (κ3) is 6.41. The molecule has 3 N–H and O–H groups in total. The number of amides is 1. The number of anilines is 1. The quantitative estimate of drug-likeness (QED) is 0.749. The average Bonchev–Trinajstić information content (AvgIpc) is 3.14. The van der Waals surface area contributed by atoms with Crippen molar-refractivity contribution < 1.29 is 14.3 Å². The second-order valence-corrected chi connectivity index (χ2v) is 6.48. The average molecular weight is 420 g/mol. The monoisotopic (exact) mass is 419 g/mol. The molecule has 0 aliphatic carbocycles. The molecule has 1 fully saturated rings. The number of carbonyl (C=O) groups is 1. The minimum atomic E-state index is -0.520. The Hall–Kier alpha value is -1.38. The summed E-state index contributed by atoms with van der Waals surface area (Å²) < 4.78 is 11.0. The van der Waals surface area contributed by atoms with Gasteiger partial charge >= 0.3 is 0 Å². The van der Waals surface area contributed by atoms with E-state index in [0.29, 0.717) is 31.3 Å². The summed E-state index contributed by atoms with van der Waals surface area (Å²) in [6, 6.07) is 6.78. The number of carbonyl (C=O) groups excluding carboxylic acids is 1. The van der Waals surface area contributed by atoms with Gasteiger partial charge in [0.1, 0.15) is 12.4 Å². The highest BCUT2D eigenvalue weighted by Gasteiger charge is 2.26. The molecular formula is C17H23Cl2N3O3S. The molecule has 144 valence electrons. The summed E-state index contributed by atoms with van der Waals surface area (Å²) >= 11 is 1.53. The standard InChI is InChI=1S/C17H21N3O3S.2ClH/c18-16(12-4-6-22-7-5-12)17(21)20-13-2-1-3-15(8-13)23-9-14-10-24-11-19-14;;/h1-3,8,10-12,16H,4-7,9,18H2,(H,20,21);2*1H. The SMILES string of the molecule is Cl.Cl.NC(C(=O)Nc1cccc(OCc2cscn2)c1)C1CCOCC1. The third-order valence-electron chi connectivity index (χ3n) is 4.05. The molecule has 1 aliphatic rings. The fourth-order valence-electron chi connectivity index (χ4n) is 2.64. The summed E-state index contributed by atoms with van der Waals surface area (Å²) in [5.74, 6) is 0.682. The highest BCUT2D eigenvalue weighted by atomic mass is 35.5. The number of nitrogens with two attached hydrogens (primary N) is 1. The fourth-order valence-corrected chi connectivity index (χ4v) is 3.19. The minimum Gasteiger partial charge on any atom is -0.487 e. The molecule has 1 atom stereocenters. The first kappa shape index (κ1) is 22.7. The minimum absolute atomic E-state index is 0. The van der Waals surface area contributed by atoms with Crippen molar-refractivity contribution in [1.82, 2.24) is 4.98 Å². The van der Waals surface area contributed by atoms with Crippen LogP contribution in [-0.2, 0) is 16.1 Å². The van der Waals surface area contributed by atoms with Crippen molar-refractivity contribution in [3.63, 3.8) is 0 Å². The first-order valence-electron chi connectivity index (χ1n) is 7.96. The molecule has 1 aliphatic heterocycles. The van der Waals surface area contributed by atoms with Crippen LogP contribution in [0.3, 0.4) is 0 Å². The van der Waals surface area contributed by atoms with E-state index in [-0.39, 0.29) is 36.6 Å². The van der Waals surface area contributed by atoms with Crippen LogP contribution < -0.4 is 15.8 Å². The number of rotatable bonds is 6. The highest BCUT2D eigenvalue weighted by molar-refractivity contribution is 7.07. The number of aromatic nitrogens is 1. The van der Waals surface area contributed by atoms with E-state index in [1.54, 1.807) is 11.6 Å². The lowest BCUT2D eigenvalue weighted by Crippen LogP contribution is -2.43. The van der Waals surface area contributed by atoms with Gasteiger partial charge in [-0.2, -0.15) is 0 Å². The smallest absolute Gasteiger partial charge is 0.241 e.